The van der Waals surface area contributed by atoms with Crippen LogP contribution in [0.25, 0.3) is 5.65 Å². The molecule has 0 saturated carbocycles. The number of halogens is 1. The molecule has 0 unspecified atom stereocenters. The van der Waals surface area contributed by atoms with Crippen LogP contribution in [0.5, 0.6) is 0 Å². The van der Waals surface area contributed by atoms with Crippen LogP contribution in [-0.4, -0.2) is 14.4 Å². The summed E-state index contributed by atoms with van der Waals surface area (Å²) in [6.45, 7) is 3.92. The Bertz CT molecular complexity index is 562. The van der Waals surface area contributed by atoms with Gasteiger partial charge < -0.3 is 0 Å². The molecule has 15 heavy (non-hydrogen) atoms. The van der Waals surface area contributed by atoms with Crippen LogP contribution in [-0.2, 0) is 0 Å². The topological polar surface area (TPSA) is 47.3 Å². The third-order valence-electron chi connectivity index (χ3n) is 2.06. The predicted molar refractivity (Wildman–Crippen MR) is 61.0 cm³/mol. The Morgan fingerprint density at radius 3 is 2.80 bits per heavy atom. The molecule has 0 saturated heterocycles. The summed E-state index contributed by atoms with van der Waals surface area (Å²) in [5.74, 6) is 0.736. The lowest BCUT2D eigenvalue weighted by atomic mass is 10.2. The molecule has 4 nitrogen and oxygen atoms in total. The second-order valence-corrected chi connectivity index (χ2v) is 4.51. The third-order valence-corrected chi connectivity index (χ3v) is 2.55. The normalized spacial score (nSPS) is 11.2. The zero-order valence-electron chi connectivity index (χ0n) is 8.44. The number of pyridine rings is 1. The molecule has 0 aliphatic heterocycles. The quantitative estimate of drug-likeness (QED) is 0.794. The van der Waals surface area contributed by atoms with Crippen LogP contribution in [0.3, 0.4) is 0 Å². The van der Waals surface area contributed by atoms with Crippen molar-refractivity contribution >= 4 is 21.6 Å². The lowest BCUT2D eigenvalue weighted by Crippen LogP contribution is -2.21. The zero-order chi connectivity index (χ0) is 11.0. The van der Waals surface area contributed by atoms with E-state index in [-0.39, 0.29) is 11.6 Å². The molecule has 0 spiro atoms. The summed E-state index contributed by atoms with van der Waals surface area (Å²) in [5.41, 5.74) is 0.337. The fraction of sp³-hybridized carbons (Fsp3) is 0.300. The van der Waals surface area contributed by atoms with Crippen LogP contribution in [0.15, 0.2) is 27.6 Å². The van der Waals surface area contributed by atoms with Gasteiger partial charge in [-0.3, -0.25) is 4.40 Å². The van der Waals surface area contributed by atoms with Crippen molar-refractivity contribution in [1.82, 2.24) is 14.4 Å². The van der Waals surface area contributed by atoms with Crippen molar-refractivity contribution in [3.63, 3.8) is 0 Å². The number of hydrogen-bond acceptors (Lipinski definition) is 3. The van der Waals surface area contributed by atoms with E-state index in [1.54, 1.807) is 18.3 Å². The van der Waals surface area contributed by atoms with Gasteiger partial charge in [0.05, 0.1) is 0 Å². The molecule has 0 bridgehead atoms. The average Bonchev–Trinajstić information content (AvgIpc) is 2.16. The highest BCUT2D eigenvalue weighted by Gasteiger charge is 2.07. The molecule has 0 aromatic carbocycles. The summed E-state index contributed by atoms with van der Waals surface area (Å²) in [5, 5.41) is 0. The molecule has 0 aliphatic rings. The Labute approximate surface area is 95.1 Å². The first kappa shape index (κ1) is 10.3. The first-order valence-electron chi connectivity index (χ1n) is 4.64. The summed E-state index contributed by atoms with van der Waals surface area (Å²) in [6.07, 6.45) is 1.66. The van der Waals surface area contributed by atoms with Crippen molar-refractivity contribution in [1.29, 1.82) is 0 Å². The van der Waals surface area contributed by atoms with Crippen molar-refractivity contribution in [3.05, 3.63) is 39.1 Å². The van der Waals surface area contributed by atoms with Gasteiger partial charge in [0.1, 0.15) is 11.5 Å². The van der Waals surface area contributed by atoms with Gasteiger partial charge in [-0.15, -0.1) is 0 Å². The minimum atomic E-state index is -0.281. The summed E-state index contributed by atoms with van der Waals surface area (Å²) >= 11 is 3.34. The molecule has 0 atom stereocenters. The SMILES string of the molecule is CC(C)c1nc(=O)n2ccc(Br)cc2n1. The summed E-state index contributed by atoms with van der Waals surface area (Å²) in [7, 11) is 0. The first-order valence-corrected chi connectivity index (χ1v) is 5.43. The monoisotopic (exact) mass is 267 g/mol. The van der Waals surface area contributed by atoms with Crippen LogP contribution in [0.2, 0.25) is 0 Å². The number of hydrogen-bond donors (Lipinski definition) is 0. The van der Waals surface area contributed by atoms with E-state index in [0.717, 1.165) is 4.47 Å². The van der Waals surface area contributed by atoms with Gasteiger partial charge in [0.2, 0.25) is 0 Å². The Morgan fingerprint density at radius 2 is 2.13 bits per heavy atom. The number of aromatic nitrogens is 3. The fourth-order valence-electron chi connectivity index (χ4n) is 1.26. The summed E-state index contributed by atoms with van der Waals surface area (Å²) in [4.78, 5) is 19.8. The Morgan fingerprint density at radius 1 is 1.40 bits per heavy atom. The van der Waals surface area contributed by atoms with E-state index < -0.39 is 0 Å². The highest BCUT2D eigenvalue weighted by molar-refractivity contribution is 9.10. The molecule has 0 N–H and O–H groups in total. The molecule has 5 heteroatoms. The van der Waals surface area contributed by atoms with Crippen LogP contribution < -0.4 is 5.69 Å². The van der Waals surface area contributed by atoms with Crippen LogP contribution in [0, 0.1) is 0 Å². The van der Waals surface area contributed by atoms with Gasteiger partial charge in [-0.2, -0.15) is 4.98 Å². The highest BCUT2D eigenvalue weighted by atomic mass is 79.9. The third kappa shape index (κ3) is 1.92. The van der Waals surface area contributed by atoms with E-state index in [4.69, 9.17) is 0 Å². The number of nitrogens with zero attached hydrogens (tertiary/aromatic N) is 3. The fourth-order valence-corrected chi connectivity index (χ4v) is 1.59. The molecule has 78 valence electrons. The van der Waals surface area contributed by atoms with Gasteiger partial charge in [-0.05, 0) is 12.1 Å². The van der Waals surface area contributed by atoms with Gasteiger partial charge in [-0.25, -0.2) is 9.78 Å². The minimum Gasteiger partial charge on any atom is -0.251 e. The van der Waals surface area contributed by atoms with Crippen molar-refractivity contribution in [2.75, 3.05) is 0 Å². The van der Waals surface area contributed by atoms with Crippen LogP contribution >= 0.6 is 15.9 Å². The predicted octanol–water partition coefficient (Wildman–Crippen LogP) is 1.98. The lowest BCUT2D eigenvalue weighted by Gasteiger charge is -2.05. The number of rotatable bonds is 1. The van der Waals surface area contributed by atoms with Gasteiger partial charge >= 0.3 is 5.69 Å². The van der Waals surface area contributed by atoms with E-state index >= 15 is 0 Å². The molecule has 0 aliphatic carbocycles. The average molecular weight is 268 g/mol. The van der Waals surface area contributed by atoms with Crippen LogP contribution in [0.1, 0.15) is 25.6 Å². The van der Waals surface area contributed by atoms with Crippen molar-refractivity contribution in [2.45, 2.75) is 19.8 Å². The molecule has 2 rings (SSSR count). The molecule has 0 radical (unpaired) electrons. The van der Waals surface area contributed by atoms with E-state index in [2.05, 4.69) is 25.9 Å². The summed E-state index contributed by atoms with van der Waals surface area (Å²) < 4.78 is 2.33. The minimum absolute atomic E-state index is 0.154. The standard InChI is InChI=1S/C10H10BrN3O/c1-6(2)9-12-8-5-7(11)3-4-14(8)10(15)13-9/h3-6H,1-2H3. The second-order valence-electron chi connectivity index (χ2n) is 3.59. The van der Waals surface area contributed by atoms with E-state index in [0.29, 0.717) is 11.5 Å². The maximum Gasteiger partial charge on any atom is 0.355 e. The lowest BCUT2D eigenvalue weighted by molar-refractivity contribution is 0.746. The molecule has 2 aromatic rings. The maximum atomic E-state index is 11.6. The Kier molecular flexibility index (Phi) is 2.56. The van der Waals surface area contributed by atoms with Crippen molar-refractivity contribution < 1.29 is 0 Å². The number of fused-ring (bicyclic) bond motifs is 1. The van der Waals surface area contributed by atoms with Gasteiger partial charge in [0.25, 0.3) is 0 Å². The highest BCUT2D eigenvalue weighted by Crippen LogP contribution is 2.12. The van der Waals surface area contributed by atoms with Crippen molar-refractivity contribution in [2.24, 2.45) is 0 Å². The maximum absolute atomic E-state index is 11.6. The molecular formula is C10H10BrN3O. The van der Waals surface area contributed by atoms with E-state index in [1.165, 1.54) is 4.40 Å². The zero-order valence-corrected chi connectivity index (χ0v) is 10.0. The largest absolute Gasteiger partial charge is 0.355 e. The smallest absolute Gasteiger partial charge is 0.251 e. The molecular weight excluding hydrogens is 258 g/mol. The van der Waals surface area contributed by atoms with Gasteiger partial charge in [-0.1, -0.05) is 29.8 Å². The molecule has 2 heterocycles. The second kappa shape index (κ2) is 3.73. The Hall–Kier alpha value is -1.23. The van der Waals surface area contributed by atoms with Crippen LogP contribution in [0.4, 0.5) is 0 Å². The van der Waals surface area contributed by atoms with E-state index in [1.807, 2.05) is 13.8 Å². The molecule has 0 amide bonds. The molecule has 0 fully saturated rings. The first-order chi connectivity index (χ1) is 7.08. The molecule has 2 aromatic heterocycles. The van der Waals surface area contributed by atoms with Gasteiger partial charge in [0, 0.05) is 16.6 Å². The van der Waals surface area contributed by atoms with Crippen molar-refractivity contribution in [3.8, 4) is 0 Å². The van der Waals surface area contributed by atoms with Gasteiger partial charge in [0.15, 0.2) is 0 Å². The summed E-state index contributed by atoms with van der Waals surface area (Å²) in [6, 6.07) is 3.59. The van der Waals surface area contributed by atoms with E-state index in [9.17, 15) is 4.79 Å². The Balaban J connectivity index is 2.80.